The van der Waals surface area contributed by atoms with E-state index in [4.69, 9.17) is 0 Å². The second kappa shape index (κ2) is 10.7. The molecule has 0 saturated heterocycles. The molecule has 0 saturated carbocycles. The van der Waals surface area contributed by atoms with E-state index >= 15 is 0 Å². The number of hydrogen-bond donors (Lipinski definition) is 3. The third kappa shape index (κ3) is 5.78. The van der Waals surface area contributed by atoms with Crippen molar-refractivity contribution in [2.24, 2.45) is 0 Å². The average molecular weight is 423 g/mol. The molecule has 0 aliphatic heterocycles. The van der Waals surface area contributed by atoms with Crippen molar-refractivity contribution >= 4 is 28.8 Å². The first kappa shape index (κ1) is 21.7. The summed E-state index contributed by atoms with van der Waals surface area (Å²) in [5, 5.41) is 9.78. The van der Waals surface area contributed by atoms with E-state index in [2.05, 4.69) is 58.6 Å². The van der Waals surface area contributed by atoms with Gasteiger partial charge < -0.3 is 16.0 Å². The molecule has 1 heterocycles. The maximum absolute atomic E-state index is 12.6. The second-order valence-electron chi connectivity index (χ2n) is 7.02. The summed E-state index contributed by atoms with van der Waals surface area (Å²) in [6, 6.07) is 19.8. The van der Waals surface area contributed by atoms with E-state index < -0.39 is 0 Å². The van der Waals surface area contributed by atoms with Crippen molar-refractivity contribution in [1.29, 1.82) is 0 Å². The summed E-state index contributed by atoms with van der Waals surface area (Å²) in [4.78, 5) is 25.8. The first-order valence-electron chi connectivity index (χ1n) is 10.2. The van der Waals surface area contributed by atoms with Gasteiger partial charge in [-0.2, -0.15) is 0 Å². The number of nitrogens with two attached hydrogens (primary N) is 1. The summed E-state index contributed by atoms with van der Waals surface area (Å²) >= 11 is 1.69. The van der Waals surface area contributed by atoms with Crippen LogP contribution in [0.15, 0.2) is 66.0 Å². The number of amides is 2. The topological polar surface area (TPSA) is 74.8 Å². The van der Waals surface area contributed by atoms with E-state index in [0.717, 1.165) is 6.42 Å². The molecule has 6 heteroatoms. The van der Waals surface area contributed by atoms with E-state index in [-0.39, 0.29) is 24.4 Å². The summed E-state index contributed by atoms with van der Waals surface area (Å²) in [7, 11) is 0. The second-order valence-corrected chi connectivity index (χ2v) is 8.00. The first-order chi connectivity index (χ1) is 14.6. The van der Waals surface area contributed by atoms with E-state index in [1.54, 1.807) is 35.6 Å². The molecule has 0 aliphatic rings. The van der Waals surface area contributed by atoms with Crippen LogP contribution in [0.4, 0.5) is 5.69 Å². The number of anilines is 1. The molecule has 0 spiro atoms. The monoisotopic (exact) mass is 422 g/mol. The molecule has 1 atom stereocenters. The molecule has 0 radical (unpaired) electrons. The number of rotatable bonds is 9. The minimum absolute atomic E-state index is 0.0725. The lowest BCUT2D eigenvalue weighted by Crippen LogP contribution is -2.87. The van der Waals surface area contributed by atoms with Crippen LogP contribution < -0.4 is 16.0 Å². The molecular formula is C24H28N3O2S+. The molecule has 2 aromatic carbocycles. The fourth-order valence-corrected chi connectivity index (χ4v) is 4.13. The van der Waals surface area contributed by atoms with Crippen molar-refractivity contribution in [3.63, 3.8) is 0 Å². The van der Waals surface area contributed by atoms with Gasteiger partial charge in [0.05, 0.1) is 4.88 Å². The molecule has 4 N–H and O–H groups in total. The highest BCUT2D eigenvalue weighted by molar-refractivity contribution is 7.10. The fourth-order valence-electron chi connectivity index (χ4n) is 3.28. The van der Waals surface area contributed by atoms with Gasteiger partial charge in [-0.05, 0) is 48.6 Å². The van der Waals surface area contributed by atoms with Crippen LogP contribution in [-0.4, -0.2) is 24.9 Å². The predicted molar refractivity (Wildman–Crippen MR) is 122 cm³/mol. The molecule has 3 aromatic rings. The lowest BCUT2D eigenvalue weighted by atomic mass is 10.0. The fraction of sp³-hybridized carbons (Fsp3) is 0.250. The third-order valence-corrected chi connectivity index (χ3v) is 5.84. The number of quaternary nitrogens is 1. The Morgan fingerprint density at radius 1 is 1.03 bits per heavy atom. The van der Waals surface area contributed by atoms with Gasteiger partial charge in [-0.3, -0.25) is 9.59 Å². The quantitative estimate of drug-likeness (QED) is 0.495. The normalized spacial score (nSPS) is 11.7. The summed E-state index contributed by atoms with van der Waals surface area (Å²) in [6.45, 7) is 4.86. The van der Waals surface area contributed by atoms with Gasteiger partial charge in [0, 0.05) is 23.4 Å². The Balaban J connectivity index is 1.66. The van der Waals surface area contributed by atoms with Gasteiger partial charge in [0.2, 0.25) is 0 Å². The van der Waals surface area contributed by atoms with Gasteiger partial charge in [0.1, 0.15) is 6.04 Å². The summed E-state index contributed by atoms with van der Waals surface area (Å²) in [5.41, 5.74) is 3.64. The van der Waals surface area contributed by atoms with Crippen molar-refractivity contribution in [2.75, 3.05) is 18.4 Å². The largest absolute Gasteiger partial charge is 0.352 e. The first-order valence-corrected chi connectivity index (χ1v) is 11.1. The van der Waals surface area contributed by atoms with Crippen LogP contribution in [-0.2, 0) is 11.2 Å². The molecule has 5 nitrogen and oxygen atoms in total. The van der Waals surface area contributed by atoms with Gasteiger partial charge >= 0.3 is 0 Å². The maximum atomic E-state index is 12.6. The Kier molecular flexibility index (Phi) is 7.76. The number of benzene rings is 2. The standard InChI is InChI=1S/C24H27N3O2S/c1-3-17-10-12-18(13-11-17)23(21-9-6-14-30-21)26-16-22(28)27-20-8-5-7-19(15-20)24(29)25-4-2/h5-15,23,26H,3-4,16H2,1-2H3,(H,25,29)(H,27,28)/p+1/t23-/m1/s1. The average Bonchev–Trinajstić information content (AvgIpc) is 3.29. The van der Waals surface area contributed by atoms with Gasteiger partial charge in [-0.25, -0.2) is 0 Å². The van der Waals surface area contributed by atoms with Crippen molar-refractivity contribution in [3.8, 4) is 0 Å². The Morgan fingerprint density at radius 3 is 2.50 bits per heavy atom. The van der Waals surface area contributed by atoms with Crippen LogP contribution in [0.2, 0.25) is 0 Å². The minimum atomic E-state index is -0.145. The van der Waals surface area contributed by atoms with Crippen molar-refractivity contribution in [3.05, 3.63) is 87.6 Å². The summed E-state index contributed by atoms with van der Waals surface area (Å²) in [5.74, 6) is -0.247. The Hall–Kier alpha value is -2.96. The lowest BCUT2D eigenvalue weighted by Gasteiger charge is -2.15. The molecule has 3 rings (SSSR count). The molecule has 0 fully saturated rings. The van der Waals surface area contributed by atoms with Crippen LogP contribution in [0, 0.1) is 0 Å². The number of carbonyl (C=O) groups is 2. The zero-order valence-corrected chi connectivity index (χ0v) is 18.2. The number of hydrogen-bond acceptors (Lipinski definition) is 3. The molecule has 0 aliphatic carbocycles. The van der Waals surface area contributed by atoms with Gasteiger partial charge in [-0.15, -0.1) is 11.3 Å². The summed E-state index contributed by atoms with van der Waals surface area (Å²) < 4.78 is 0. The molecule has 156 valence electrons. The van der Waals surface area contributed by atoms with E-state index in [9.17, 15) is 9.59 Å². The zero-order chi connectivity index (χ0) is 21.3. The zero-order valence-electron chi connectivity index (χ0n) is 17.4. The van der Waals surface area contributed by atoms with Crippen LogP contribution in [0.25, 0.3) is 0 Å². The van der Waals surface area contributed by atoms with E-state index in [1.807, 2.05) is 13.0 Å². The SMILES string of the molecule is CCNC(=O)c1cccc(NC(=O)C[NH2+][C@H](c2ccc(CC)cc2)c2cccs2)c1. The maximum Gasteiger partial charge on any atom is 0.279 e. The van der Waals surface area contributed by atoms with Gasteiger partial charge in [-0.1, -0.05) is 43.3 Å². The Labute approximate surface area is 181 Å². The molecular weight excluding hydrogens is 394 g/mol. The predicted octanol–water partition coefficient (Wildman–Crippen LogP) is 3.35. The molecule has 30 heavy (non-hydrogen) atoms. The molecule has 0 unspecified atom stereocenters. The number of aryl methyl sites for hydroxylation is 1. The van der Waals surface area contributed by atoms with Crippen LogP contribution >= 0.6 is 11.3 Å². The Bertz CT molecular complexity index is 968. The van der Waals surface area contributed by atoms with Crippen LogP contribution in [0.3, 0.4) is 0 Å². The smallest absolute Gasteiger partial charge is 0.279 e. The van der Waals surface area contributed by atoms with Crippen molar-refractivity contribution < 1.29 is 14.9 Å². The third-order valence-electron chi connectivity index (χ3n) is 4.88. The molecule has 2 amide bonds. The van der Waals surface area contributed by atoms with E-state index in [1.165, 1.54) is 16.0 Å². The molecule has 1 aromatic heterocycles. The van der Waals surface area contributed by atoms with E-state index in [0.29, 0.717) is 17.8 Å². The highest BCUT2D eigenvalue weighted by atomic mass is 32.1. The number of nitrogens with one attached hydrogen (secondary N) is 2. The number of carbonyl (C=O) groups excluding carboxylic acids is 2. The minimum Gasteiger partial charge on any atom is -0.352 e. The van der Waals surface area contributed by atoms with Gasteiger partial charge in [0.15, 0.2) is 6.54 Å². The van der Waals surface area contributed by atoms with Crippen molar-refractivity contribution in [2.45, 2.75) is 26.3 Å². The molecule has 0 bridgehead atoms. The van der Waals surface area contributed by atoms with Gasteiger partial charge in [0.25, 0.3) is 11.8 Å². The Morgan fingerprint density at radius 2 is 1.83 bits per heavy atom. The highest BCUT2D eigenvalue weighted by Crippen LogP contribution is 2.23. The van der Waals surface area contributed by atoms with Crippen LogP contribution in [0.1, 0.15) is 46.3 Å². The lowest BCUT2D eigenvalue weighted by molar-refractivity contribution is -0.675. The highest BCUT2D eigenvalue weighted by Gasteiger charge is 2.20. The van der Waals surface area contributed by atoms with Crippen molar-refractivity contribution in [1.82, 2.24) is 5.32 Å². The summed E-state index contributed by atoms with van der Waals surface area (Å²) in [6.07, 6.45) is 1.01. The number of thiophene rings is 1. The van der Waals surface area contributed by atoms with Crippen LogP contribution in [0.5, 0.6) is 0 Å².